The van der Waals surface area contributed by atoms with E-state index in [4.69, 9.17) is 0 Å². The first-order valence-electron chi connectivity index (χ1n) is 2.53. The van der Waals surface area contributed by atoms with Crippen molar-refractivity contribution >= 4 is 15.9 Å². The van der Waals surface area contributed by atoms with Gasteiger partial charge in [0.25, 0.3) is 5.56 Å². The lowest BCUT2D eigenvalue weighted by molar-refractivity contribution is 0.588. The predicted molar refractivity (Wildman–Crippen MR) is 37.3 cm³/mol. The summed E-state index contributed by atoms with van der Waals surface area (Å²) in [6, 6.07) is 0. The number of halogens is 2. The lowest BCUT2D eigenvalue weighted by atomic mass is 10.6. The number of aromatic amines is 1. The molecular formula is C5H4BrFN2O. The Bertz CT molecular complexity index is 309. The van der Waals surface area contributed by atoms with Crippen molar-refractivity contribution in [2.45, 2.75) is 6.92 Å². The molecule has 0 saturated heterocycles. The van der Waals surface area contributed by atoms with Gasteiger partial charge in [-0.25, -0.2) is 4.98 Å². The Morgan fingerprint density at radius 2 is 2.30 bits per heavy atom. The molecule has 0 aliphatic carbocycles. The van der Waals surface area contributed by atoms with E-state index in [2.05, 4.69) is 25.9 Å². The molecule has 10 heavy (non-hydrogen) atoms. The van der Waals surface area contributed by atoms with Crippen LogP contribution in [-0.2, 0) is 0 Å². The molecule has 0 aliphatic rings. The second-order valence-corrected chi connectivity index (χ2v) is 2.51. The summed E-state index contributed by atoms with van der Waals surface area (Å²) in [4.78, 5) is 16.4. The Balaban J connectivity index is 3.46. The second kappa shape index (κ2) is 2.49. The van der Waals surface area contributed by atoms with Gasteiger partial charge >= 0.3 is 0 Å². The monoisotopic (exact) mass is 206 g/mol. The number of rotatable bonds is 0. The van der Waals surface area contributed by atoms with Crippen molar-refractivity contribution in [3.8, 4) is 0 Å². The largest absolute Gasteiger partial charge is 0.308 e. The molecule has 0 amide bonds. The minimum Gasteiger partial charge on any atom is -0.308 e. The zero-order valence-corrected chi connectivity index (χ0v) is 6.70. The summed E-state index contributed by atoms with van der Waals surface area (Å²) < 4.78 is 12.4. The maximum atomic E-state index is 12.5. The third-order valence-electron chi connectivity index (χ3n) is 0.941. The molecule has 0 saturated carbocycles. The van der Waals surface area contributed by atoms with Crippen molar-refractivity contribution in [3.63, 3.8) is 0 Å². The van der Waals surface area contributed by atoms with E-state index in [0.717, 1.165) is 0 Å². The first kappa shape index (κ1) is 7.40. The molecule has 3 nitrogen and oxygen atoms in total. The molecule has 1 heterocycles. The molecule has 1 N–H and O–H groups in total. The van der Waals surface area contributed by atoms with Gasteiger partial charge in [-0.3, -0.25) is 4.79 Å². The SMILES string of the molecule is Cc1nc(Br)c(F)c(=O)[nH]1. The number of nitrogens with one attached hydrogen (secondary N) is 1. The molecular weight excluding hydrogens is 203 g/mol. The van der Waals surface area contributed by atoms with Gasteiger partial charge in [-0.1, -0.05) is 0 Å². The molecule has 1 rings (SSSR count). The zero-order chi connectivity index (χ0) is 7.72. The summed E-state index contributed by atoms with van der Waals surface area (Å²) in [6.45, 7) is 1.58. The molecule has 54 valence electrons. The van der Waals surface area contributed by atoms with Crippen LogP contribution in [0.5, 0.6) is 0 Å². The van der Waals surface area contributed by atoms with Crippen LogP contribution < -0.4 is 5.56 Å². The van der Waals surface area contributed by atoms with Crippen molar-refractivity contribution in [1.82, 2.24) is 9.97 Å². The molecule has 5 heteroatoms. The van der Waals surface area contributed by atoms with Crippen LogP contribution in [-0.4, -0.2) is 9.97 Å². The van der Waals surface area contributed by atoms with Gasteiger partial charge in [0.2, 0.25) is 5.82 Å². The smallest absolute Gasteiger partial charge is 0.288 e. The molecule has 1 aromatic heterocycles. The number of H-pyrrole nitrogens is 1. The Hall–Kier alpha value is -0.710. The lowest BCUT2D eigenvalue weighted by Gasteiger charge is -1.92. The highest BCUT2D eigenvalue weighted by Crippen LogP contribution is 2.05. The zero-order valence-electron chi connectivity index (χ0n) is 5.11. The molecule has 0 bridgehead atoms. The quantitative estimate of drug-likeness (QED) is 0.644. The Morgan fingerprint density at radius 1 is 1.70 bits per heavy atom. The van der Waals surface area contributed by atoms with E-state index in [1.807, 2.05) is 0 Å². The third-order valence-corrected chi connectivity index (χ3v) is 1.47. The van der Waals surface area contributed by atoms with Crippen LogP contribution >= 0.6 is 15.9 Å². The summed E-state index contributed by atoms with van der Waals surface area (Å²) >= 11 is 2.79. The summed E-state index contributed by atoms with van der Waals surface area (Å²) in [5.74, 6) is -0.496. The number of aromatic nitrogens is 2. The van der Waals surface area contributed by atoms with Gasteiger partial charge in [0, 0.05) is 0 Å². The lowest BCUT2D eigenvalue weighted by Crippen LogP contribution is -2.14. The highest BCUT2D eigenvalue weighted by atomic mass is 79.9. The van der Waals surface area contributed by atoms with Crippen molar-refractivity contribution in [1.29, 1.82) is 0 Å². The fourth-order valence-electron chi connectivity index (χ4n) is 0.537. The number of hydrogen-bond donors (Lipinski definition) is 1. The normalized spacial score (nSPS) is 9.90. The molecule has 0 fully saturated rings. The Labute approximate surface area is 64.4 Å². The van der Waals surface area contributed by atoms with E-state index in [-0.39, 0.29) is 4.60 Å². The fraction of sp³-hybridized carbons (Fsp3) is 0.200. The van der Waals surface area contributed by atoms with Crippen LogP contribution in [0, 0.1) is 12.7 Å². The van der Waals surface area contributed by atoms with Crippen LogP contribution in [0.2, 0.25) is 0 Å². The van der Waals surface area contributed by atoms with Crippen LogP contribution in [0.1, 0.15) is 5.82 Å². The van der Waals surface area contributed by atoms with Crippen molar-refractivity contribution < 1.29 is 4.39 Å². The van der Waals surface area contributed by atoms with Gasteiger partial charge < -0.3 is 4.98 Å². The number of hydrogen-bond acceptors (Lipinski definition) is 2. The van der Waals surface area contributed by atoms with E-state index < -0.39 is 11.4 Å². The number of aryl methyl sites for hydroxylation is 1. The summed E-state index contributed by atoms with van der Waals surface area (Å²) in [5, 5.41) is 0. The van der Waals surface area contributed by atoms with Crippen LogP contribution in [0.25, 0.3) is 0 Å². The van der Waals surface area contributed by atoms with E-state index in [9.17, 15) is 9.18 Å². The van der Waals surface area contributed by atoms with E-state index in [1.54, 1.807) is 6.92 Å². The molecule has 0 unspecified atom stereocenters. The van der Waals surface area contributed by atoms with Crippen LogP contribution in [0.3, 0.4) is 0 Å². The Morgan fingerprint density at radius 3 is 2.80 bits per heavy atom. The summed E-state index contributed by atoms with van der Waals surface area (Å²) in [5.41, 5.74) is -0.751. The first-order chi connectivity index (χ1) is 4.61. The standard InChI is InChI=1S/C5H4BrFN2O/c1-2-8-4(6)3(7)5(10)9-2/h1H3,(H,8,9,10). The summed E-state index contributed by atoms with van der Waals surface area (Å²) in [6.07, 6.45) is 0. The highest BCUT2D eigenvalue weighted by Gasteiger charge is 2.04. The van der Waals surface area contributed by atoms with Gasteiger partial charge in [0.1, 0.15) is 10.4 Å². The van der Waals surface area contributed by atoms with Gasteiger partial charge in [0.05, 0.1) is 0 Å². The average molecular weight is 207 g/mol. The van der Waals surface area contributed by atoms with Gasteiger partial charge in [-0.15, -0.1) is 0 Å². The van der Waals surface area contributed by atoms with Crippen LogP contribution in [0.15, 0.2) is 9.40 Å². The van der Waals surface area contributed by atoms with Crippen LogP contribution in [0.4, 0.5) is 4.39 Å². The van der Waals surface area contributed by atoms with Gasteiger partial charge in [-0.05, 0) is 22.9 Å². The highest BCUT2D eigenvalue weighted by molar-refractivity contribution is 9.10. The first-order valence-corrected chi connectivity index (χ1v) is 3.32. The molecule has 0 aromatic carbocycles. The molecule has 0 spiro atoms. The molecule has 0 aliphatic heterocycles. The maximum absolute atomic E-state index is 12.5. The van der Waals surface area contributed by atoms with Crippen molar-refractivity contribution in [3.05, 3.63) is 26.6 Å². The van der Waals surface area contributed by atoms with Crippen molar-refractivity contribution in [2.75, 3.05) is 0 Å². The van der Waals surface area contributed by atoms with Gasteiger partial charge in [0.15, 0.2) is 0 Å². The Kier molecular flexibility index (Phi) is 1.85. The van der Waals surface area contributed by atoms with Crippen molar-refractivity contribution in [2.24, 2.45) is 0 Å². The topological polar surface area (TPSA) is 45.8 Å². The maximum Gasteiger partial charge on any atom is 0.288 e. The molecule has 0 radical (unpaired) electrons. The summed E-state index contributed by atoms with van der Waals surface area (Å²) in [7, 11) is 0. The van der Waals surface area contributed by atoms with E-state index >= 15 is 0 Å². The minimum absolute atomic E-state index is 0.0475. The average Bonchev–Trinajstić information content (AvgIpc) is 1.82. The predicted octanol–water partition coefficient (Wildman–Crippen LogP) is 0.980. The van der Waals surface area contributed by atoms with E-state index in [0.29, 0.717) is 5.82 Å². The minimum atomic E-state index is -0.884. The molecule has 1 aromatic rings. The fourth-order valence-corrected chi connectivity index (χ4v) is 0.983. The second-order valence-electron chi connectivity index (χ2n) is 1.76. The molecule has 0 atom stereocenters. The van der Waals surface area contributed by atoms with E-state index in [1.165, 1.54) is 0 Å². The third kappa shape index (κ3) is 1.23. The van der Waals surface area contributed by atoms with Gasteiger partial charge in [-0.2, -0.15) is 4.39 Å². The number of nitrogens with zero attached hydrogens (tertiary/aromatic N) is 1.